The van der Waals surface area contributed by atoms with Crippen LogP contribution in [0, 0.1) is 13.8 Å². The van der Waals surface area contributed by atoms with E-state index in [1.165, 1.54) is 16.8 Å². The van der Waals surface area contributed by atoms with Gasteiger partial charge in [-0.15, -0.1) is 0 Å². The standard InChI is InChI=1S/C23H24N4O2/c1-14-20(15(2)27(3)26-14)12-16-8-10-17(11-9-16)24-22(28)13-21-18-6-4-5-7-19(18)23(29)25-21/h4-11,21H,12-13H2,1-3H3,(H,24,28)(H,25,29). The Bertz CT molecular complexity index is 1080. The van der Waals surface area contributed by atoms with Crippen LogP contribution in [-0.2, 0) is 18.3 Å². The maximum Gasteiger partial charge on any atom is 0.252 e. The van der Waals surface area contributed by atoms with E-state index in [1.807, 2.05) is 61.1 Å². The molecule has 3 aromatic rings. The van der Waals surface area contributed by atoms with Gasteiger partial charge in [0.2, 0.25) is 5.91 Å². The molecule has 6 nitrogen and oxygen atoms in total. The molecule has 148 valence electrons. The summed E-state index contributed by atoms with van der Waals surface area (Å²) >= 11 is 0. The summed E-state index contributed by atoms with van der Waals surface area (Å²) in [5.41, 5.74) is 6.89. The minimum absolute atomic E-state index is 0.122. The van der Waals surface area contributed by atoms with Crippen LogP contribution in [-0.4, -0.2) is 21.6 Å². The van der Waals surface area contributed by atoms with Gasteiger partial charge in [-0.2, -0.15) is 5.10 Å². The first-order valence-electron chi connectivity index (χ1n) is 9.70. The molecule has 1 unspecified atom stereocenters. The highest BCUT2D eigenvalue weighted by Gasteiger charge is 2.29. The van der Waals surface area contributed by atoms with Crippen LogP contribution < -0.4 is 10.6 Å². The number of nitrogens with one attached hydrogen (secondary N) is 2. The molecule has 2 N–H and O–H groups in total. The predicted molar refractivity (Wildman–Crippen MR) is 112 cm³/mol. The van der Waals surface area contributed by atoms with Crippen molar-refractivity contribution in [2.24, 2.45) is 7.05 Å². The third-order valence-electron chi connectivity index (χ3n) is 5.55. The number of carbonyl (C=O) groups is 2. The van der Waals surface area contributed by atoms with Gasteiger partial charge in [0.25, 0.3) is 5.91 Å². The topological polar surface area (TPSA) is 76.0 Å². The second-order valence-corrected chi connectivity index (χ2v) is 7.51. The lowest BCUT2D eigenvalue weighted by atomic mass is 10.0. The van der Waals surface area contributed by atoms with Crippen LogP contribution in [0.3, 0.4) is 0 Å². The number of aryl methyl sites for hydroxylation is 2. The summed E-state index contributed by atoms with van der Waals surface area (Å²) in [5.74, 6) is -0.248. The third-order valence-corrected chi connectivity index (χ3v) is 5.55. The fourth-order valence-corrected chi connectivity index (χ4v) is 3.86. The summed E-state index contributed by atoms with van der Waals surface area (Å²) in [6, 6.07) is 15.0. The van der Waals surface area contributed by atoms with Gasteiger partial charge in [-0.1, -0.05) is 30.3 Å². The summed E-state index contributed by atoms with van der Waals surface area (Å²) < 4.78 is 1.90. The molecule has 29 heavy (non-hydrogen) atoms. The summed E-state index contributed by atoms with van der Waals surface area (Å²) in [5, 5.41) is 10.3. The Hall–Kier alpha value is -3.41. The van der Waals surface area contributed by atoms with Gasteiger partial charge in [-0.25, -0.2) is 0 Å². The van der Waals surface area contributed by atoms with Crippen molar-refractivity contribution < 1.29 is 9.59 Å². The molecule has 1 aliphatic heterocycles. The number of carbonyl (C=O) groups excluding carboxylic acids is 2. The maximum absolute atomic E-state index is 12.5. The molecule has 1 aromatic heterocycles. The van der Waals surface area contributed by atoms with Crippen molar-refractivity contribution in [2.45, 2.75) is 32.7 Å². The second-order valence-electron chi connectivity index (χ2n) is 7.51. The van der Waals surface area contributed by atoms with Crippen LogP contribution in [0.2, 0.25) is 0 Å². The average Bonchev–Trinajstić information content (AvgIpc) is 3.14. The zero-order chi connectivity index (χ0) is 20.5. The van der Waals surface area contributed by atoms with Crippen LogP contribution in [0.1, 0.15) is 50.9 Å². The highest BCUT2D eigenvalue weighted by molar-refractivity contribution is 6.00. The SMILES string of the molecule is Cc1nn(C)c(C)c1Cc1ccc(NC(=O)CC2NC(=O)c3ccccc32)cc1. The molecule has 1 aliphatic rings. The molecule has 1 atom stereocenters. The molecule has 6 heteroatoms. The van der Waals surface area contributed by atoms with Crippen LogP contribution in [0.4, 0.5) is 5.69 Å². The summed E-state index contributed by atoms with van der Waals surface area (Å²) in [6.07, 6.45) is 1.02. The van der Waals surface area contributed by atoms with Gasteiger partial charge in [-0.05, 0) is 43.2 Å². The lowest BCUT2D eigenvalue weighted by Gasteiger charge is -2.12. The van der Waals surface area contributed by atoms with Gasteiger partial charge in [0.1, 0.15) is 0 Å². The van der Waals surface area contributed by atoms with Crippen LogP contribution >= 0.6 is 0 Å². The Balaban J connectivity index is 1.39. The lowest BCUT2D eigenvalue weighted by molar-refractivity contribution is -0.116. The van der Waals surface area contributed by atoms with Crippen molar-refractivity contribution in [3.63, 3.8) is 0 Å². The smallest absolute Gasteiger partial charge is 0.252 e. The average molecular weight is 388 g/mol. The molecular weight excluding hydrogens is 364 g/mol. The normalized spacial score (nSPS) is 15.1. The van der Waals surface area contributed by atoms with E-state index in [0.29, 0.717) is 5.56 Å². The molecule has 0 aliphatic carbocycles. The monoisotopic (exact) mass is 388 g/mol. The second kappa shape index (κ2) is 7.54. The van der Waals surface area contributed by atoms with Crippen molar-refractivity contribution in [1.29, 1.82) is 0 Å². The fraction of sp³-hybridized carbons (Fsp3) is 0.261. The Morgan fingerprint density at radius 2 is 1.86 bits per heavy atom. The van der Waals surface area contributed by atoms with E-state index in [2.05, 4.69) is 22.7 Å². The van der Waals surface area contributed by atoms with Gasteiger partial charge >= 0.3 is 0 Å². The highest BCUT2D eigenvalue weighted by Crippen LogP contribution is 2.28. The summed E-state index contributed by atoms with van der Waals surface area (Å²) in [7, 11) is 1.95. The molecule has 0 spiro atoms. The minimum atomic E-state index is -0.283. The summed E-state index contributed by atoms with van der Waals surface area (Å²) in [4.78, 5) is 24.5. The third kappa shape index (κ3) is 3.78. The van der Waals surface area contributed by atoms with E-state index in [4.69, 9.17) is 0 Å². The number of hydrogen-bond acceptors (Lipinski definition) is 3. The zero-order valence-electron chi connectivity index (χ0n) is 16.8. The number of aromatic nitrogens is 2. The van der Waals surface area contributed by atoms with Crippen LogP contribution in [0.15, 0.2) is 48.5 Å². The van der Waals surface area contributed by atoms with E-state index >= 15 is 0 Å². The summed E-state index contributed by atoms with van der Waals surface area (Å²) in [6.45, 7) is 4.10. The number of hydrogen-bond donors (Lipinski definition) is 2. The first kappa shape index (κ1) is 18.9. The van der Waals surface area contributed by atoms with Crippen molar-refractivity contribution in [2.75, 3.05) is 5.32 Å². The molecule has 0 fully saturated rings. The fourth-order valence-electron chi connectivity index (χ4n) is 3.86. The number of anilines is 1. The Kier molecular flexibility index (Phi) is 4.92. The number of benzene rings is 2. The lowest BCUT2D eigenvalue weighted by Crippen LogP contribution is -2.24. The Morgan fingerprint density at radius 1 is 1.14 bits per heavy atom. The Morgan fingerprint density at radius 3 is 2.55 bits per heavy atom. The maximum atomic E-state index is 12.5. The quantitative estimate of drug-likeness (QED) is 0.703. The van der Waals surface area contributed by atoms with E-state index in [0.717, 1.165) is 23.4 Å². The van der Waals surface area contributed by atoms with Gasteiger partial charge in [0.05, 0.1) is 18.2 Å². The molecular formula is C23H24N4O2. The van der Waals surface area contributed by atoms with Crippen molar-refractivity contribution in [3.8, 4) is 0 Å². The van der Waals surface area contributed by atoms with E-state index < -0.39 is 0 Å². The minimum Gasteiger partial charge on any atom is -0.345 e. The molecule has 0 saturated carbocycles. The first-order valence-corrected chi connectivity index (χ1v) is 9.70. The zero-order valence-corrected chi connectivity index (χ0v) is 16.8. The number of amides is 2. The molecule has 0 radical (unpaired) electrons. The van der Waals surface area contributed by atoms with Crippen molar-refractivity contribution in [3.05, 3.63) is 82.2 Å². The molecule has 2 heterocycles. The van der Waals surface area contributed by atoms with Gasteiger partial charge < -0.3 is 10.6 Å². The molecule has 0 bridgehead atoms. The Labute approximate surface area is 169 Å². The number of nitrogens with zero attached hydrogens (tertiary/aromatic N) is 2. The van der Waals surface area contributed by atoms with Gasteiger partial charge in [-0.3, -0.25) is 14.3 Å². The molecule has 4 rings (SSSR count). The van der Waals surface area contributed by atoms with Gasteiger partial charge in [0, 0.05) is 36.0 Å². The number of rotatable bonds is 5. The highest BCUT2D eigenvalue weighted by atomic mass is 16.2. The first-order chi connectivity index (χ1) is 13.9. The van der Waals surface area contributed by atoms with E-state index in [9.17, 15) is 9.59 Å². The molecule has 2 aromatic carbocycles. The van der Waals surface area contributed by atoms with E-state index in [1.54, 1.807) is 6.07 Å². The predicted octanol–water partition coefficient (Wildman–Crippen LogP) is 3.44. The van der Waals surface area contributed by atoms with Gasteiger partial charge in [0.15, 0.2) is 0 Å². The van der Waals surface area contributed by atoms with Crippen molar-refractivity contribution in [1.82, 2.24) is 15.1 Å². The number of fused-ring (bicyclic) bond motifs is 1. The van der Waals surface area contributed by atoms with E-state index in [-0.39, 0.29) is 24.3 Å². The van der Waals surface area contributed by atoms with Crippen molar-refractivity contribution >= 4 is 17.5 Å². The van der Waals surface area contributed by atoms with Crippen LogP contribution in [0.25, 0.3) is 0 Å². The largest absolute Gasteiger partial charge is 0.345 e. The molecule has 0 saturated heterocycles. The molecule has 2 amide bonds. The van der Waals surface area contributed by atoms with Crippen LogP contribution in [0.5, 0.6) is 0 Å².